The Kier molecular flexibility index (Phi) is 45.4. The maximum atomic E-state index is 13.2. The molecule has 3 unspecified atom stereocenters. The Bertz CT molecular complexity index is 1330. The van der Waals surface area contributed by atoms with Gasteiger partial charge in [0.1, 0.15) is 6.10 Å². The van der Waals surface area contributed by atoms with Crippen LogP contribution < -0.4 is 5.32 Å². The maximum absolute atomic E-state index is 13.2. The van der Waals surface area contributed by atoms with E-state index in [0.29, 0.717) is 25.7 Å². The summed E-state index contributed by atoms with van der Waals surface area (Å²) < 4.78 is 5.88. The summed E-state index contributed by atoms with van der Waals surface area (Å²) in [7, 11) is 0. The highest BCUT2D eigenvalue weighted by molar-refractivity contribution is 5.77. The average Bonchev–Trinajstić information content (AvgIpc) is 3.26. The molecular formula is C56H91NO5. The smallest absolute Gasteiger partial charge is 0.306 e. The van der Waals surface area contributed by atoms with Gasteiger partial charge in [-0.25, -0.2) is 0 Å². The summed E-state index contributed by atoms with van der Waals surface area (Å²) in [5.74, 6) is -0.600. The fourth-order valence-electron chi connectivity index (χ4n) is 6.67. The predicted octanol–water partition coefficient (Wildman–Crippen LogP) is 14.9. The lowest BCUT2D eigenvalue weighted by Gasteiger charge is -2.24. The van der Waals surface area contributed by atoms with Crippen LogP contribution in [-0.4, -0.2) is 46.9 Å². The molecule has 0 aliphatic heterocycles. The SMILES string of the molecule is CC/C=C\C/C=C\C/C=C\C/C=C\C/C=C\CCCC(=O)OC(CCCCC/C=C/C=C/C=C/C=C/C=C/CCC)CC(=O)NC(CO)C(O)CCCCCCCCCCCC. The summed E-state index contributed by atoms with van der Waals surface area (Å²) in [5.41, 5.74) is 0. The molecule has 6 nitrogen and oxygen atoms in total. The molecule has 62 heavy (non-hydrogen) atoms. The van der Waals surface area contributed by atoms with Crippen LogP contribution in [0.3, 0.4) is 0 Å². The van der Waals surface area contributed by atoms with Crippen molar-refractivity contribution in [1.29, 1.82) is 0 Å². The third-order valence-corrected chi connectivity index (χ3v) is 10.4. The normalized spacial score (nSPS) is 14.3. The van der Waals surface area contributed by atoms with E-state index in [2.05, 4.69) is 111 Å². The molecule has 6 heteroatoms. The van der Waals surface area contributed by atoms with E-state index >= 15 is 0 Å². The molecule has 0 saturated heterocycles. The second kappa shape index (κ2) is 48.3. The number of aliphatic hydroxyl groups is 2. The molecule has 350 valence electrons. The Morgan fingerprint density at radius 1 is 0.500 bits per heavy atom. The number of ether oxygens (including phenoxy) is 1. The minimum absolute atomic E-state index is 0.0183. The first kappa shape index (κ1) is 58.3. The van der Waals surface area contributed by atoms with E-state index in [-0.39, 0.29) is 24.9 Å². The van der Waals surface area contributed by atoms with E-state index in [1.807, 2.05) is 36.5 Å². The van der Waals surface area contributed by atoms with Gasteiger partial charge in [-0.15, -0.1) is 0 Å². The number of rotatable bonds is 42. The van der Waals surface area contributed by atoms with Crippen molar-refractivity contribution in [2.45, 2.75) is 212 Å². The summed E-state index contributed by atoms with van der Waals surface area (Å²) in [6, 6.07) is -0.735. The summed E-state index contributed by atoms with van der Waals surface area (Å²) in [6.45, 7) is 6.22. The van der Waals surface area contributed by atoms with Gasteiger partial charge >= 0.3 is 5.97 Å². The van der Waals surface area contributed by atoms with Gasteiger partial charge in [-0.05, 0) is 83.5 Å². The van der Waals surface area contributed by atoms with Crippen LogP contribution in [0, 0.1) is 0 Å². The summed E-state index contributed by atoms with van der Waals surface area (Å²) in [6.07, 6.45) is 66.8. The second-order valence-electron chi connectivity index (χ2n) is 16.2. The van der Waals surface area contributed by atoms with E-state index in [9.17, 15) is 19.8 Å². The number of carbonyl (C=O) groups excluding carboxylic acids is 2. The lowest BCUT2D eigenvalue weighted by atomic mass is 10.0. The molecule has 0 aliphatic rings. The van der Waals surface area contributed by atoms with Crippen molar-refractivity contribution in [3.05, 3.63) is 122 Å². The Hall–Kier alpha value is -3.74. The van der Waals surface area contributed by atoms with Crippen molar-refractivity contribution < 1.29 is 24.5 Å². The van der Waals surface area contributed by atoms with Crippen LogP contribution in [0.4, 0.5) is 0 Å². The van der Waals surface area contributed by atoms with E-state index < -0.39 is 18.2 Å². The Morgan fingerprint density at radius 3 is 1.52 bits per heavy atom. The van der Waals surface area contributed by atoms with Crippen LogP contribution in [0.2, 0.25) is 0 Å². The Labute approximate surface area is 380 Å². The molecule has 0 saturated carbocycles. The van der Waals surface area contributed by atoms with Gasteiger partial charge in [0.05, 0.1) is 25.2 Å². The van der Waals surface area contributed by atoms with Gasteiger partial charge in [-0.1, -0.05) is 219 Å². The quantitative estimate of drug-likeness (QED) is 0.0246. The monoisotopic (exact) mass is 858 g/mol. The molecule has 0 bridgehead atoms. The van der Waals surface area contributed by atoms with E-state index in [1.165, 1.54) is 44.9 Å². The highest BCUT2D eigenvalue weighted by Gasteiger charge is 2.24. The van der Waals surface area contributed by atoms with Crippen LogP contribution in [0.5, 0.6) is 0 Å². The lowest BCUT2D eigenvalue weighted by molar-refractivity contribution is -0.151. The fraction of sp³-hybridized carbons (Fsp3) is 0.607. The zero-order valence-electron chi connectivity index (χ0n) is 39.7. The molecule has 0 fully saturated rings. The predicted molar refractivity (Wildman–Crippen MR) is 268 cm³/mol. The molecule has 0 heterocycles. The van der Waals surface area contributed by atoms with Gasteiger partial charge in [0.15, 0.2) is 0 Å². The molecule has 0 aromatic carbocycles. The summed E-state index contributed by atoms with van der Waals surface area (Å²) >= 11 is 0. The van der Waals surface area contributed by atoms with Crippen molar-refractivity contribution >= 4 is 11.9 Å². The number of allylic oxidation sites excluding steroid dienone is 20. The van der Waals surface area contributed by atoms with Gasteiger partial charge in [0, 0.05) is 6.42 Å². The largest absolute Gasteiger partial charge is 0.462 e. The van der Waals surface area contributed by atoms with Gasteiger partial charge in [0.25, 0.3) is 0 Å². The highest BCUT2D eigenvalue weighted by atomic mass is 16.5. The van der Waals surface area contributed by atoms with Crippen LogP contribution in [0.1, 0.15) is 194 Å². The van der Waals surface area contributed by atoms with Crippen molar-refractivity contribution in [1.82, 2.24) is 5.32 Å². The number of aliphatic hydroxyl groups excluding tert-OH is 2. The first-order chi connectivity index (χ1) is 30.5. The molecule has 0 aliphatic carbocycles. The van der Waals surface area contributed by atoms with Crippen molar-refractivity contribution in [2.24, 2.45) is 0 Å². The van der Waals surface area contributed by atoms with Crippen LogP contribution >= 0.6 is 0 Å². The first-order valence-electron chi connectivity index (χ1n) is 24.8. The molecule has 0 aromatic rings. The van der Waals surface area contributed by atoms with Crippen molar-refractivity contribution in [3.8, 4) is 0 Å². The minimum atomic E-state index is -0.816. The van der Waals surface area contributed by atoms with Gasteiger partial charge < -0.3 is 20.3 Å². The molecule has 1 amide bonds. The van der Waals surface area contributed by atoms with Crippen molar-refractivity contribution in [3.63, 3.8) is 0 Å². The molecule has 0 radical (unpaired) electrons. The molecular weight excluding hydrogens is 767 g/mol. The second-order valence-corrected chi connectivity index (χ2v) is 16.2. The topological polar surface area (TPSA) is 95.9 Å². The van der Waals surface area contributed by atoms with Gasteiger partial charge in [0.2, 0.25) is 5.91 Å². The number of nitrogens with one attached hydrogen (secondary N) is 1. The van der Waals surface area contributed by atoms with E-state index in [4.69, 9.17) is 4.74 Å². The van der Waals surface area contributed by atoms with Crippen LogP contribution in [0.15, 0.2) is 122 Å². The number of amides is 1. The van der Waals surface area contributed by atoms with Gasteiger partial charge in [-0.2, -0.15) is 0 Å². The van der Waals surface area contributed by atoms with Crippen LogP contribution in [-0.2, 0) is 14.3 Å². The number of esters is 1. The zero-order chi connectivity index (χ0) is 45.2. The number of hydrogen-bond acceptors (Lipinski definition) is 5. The average molecular weight is 858 g/mol. The zero-order valence-corrected chi connectivity index (χ0v) is 39.7. The highest BCUT2D eigenvalue weighted by Crippen LogP contribution is 2.16. The molecule has 0 spiro atoms. The third-order valence-electron chi connectivity index (χ3n) is 10.4. The van der Waals surface area contributed by atoms with E-state index in [0.717, 1.165) is 96.3 Å². The molecule has 0 rings (SSSR count). The van der Waals surface area contributed by atoms with Crippen LogP contribution in [0.25, 0.3) is 0 Å². The Morgan fingerprint density at radius 2 is 0.968 bits per heavy atom. The lowest BCUT2D eigenvalue weighted by Crippen LogP contribution is -2.46. The van der Waals surface area contributed by atoms with E-state index in [1.54, 1.807) is 0 Å². The van der Waals surface area contributed by atoms with Crippen molar-refractivity contribution in [2.75, 3.05) is 6.61 Å². The minimum Gasteiger partial charge on any atom is -0.462 e. The number of carbonyl (C=O) groups is 2. The first-order valence-corrected chi connectivity index (χ1v) is 24.8. The fourth-order valence-corrected chi connectivity index (χ4v) is 6.67. The number of hydrogen-bond donors (Lipinski definition) is 3. The van der Waals surface area contributed by atoms with Gasteiger partial charge in [-0.3, -0.25) is 9.59 Å². The molecule has 3 atom stereocenters. The number of unbranched alkanes of at least 4 members (excludes halogenated alkanes) is 14. The molecule has 3 N–H and O–H groups in total. The Balaban J connectivity index is 4.83. The summed E-state index contributed by atoms with van der Waals surface area (Å²) in [5, 5.41) is 23.7. The maximum Gasteiger partial charge on any atom is 0.306 e. The third kappa shape index (κ3) is 42.9. The summed E-state index contributed by atoms with van der Waals surface area (Å²) in [4.78, 5) is 26.1. The molecule has 0 aromatic heterocycles. The standard InChI is InChI=1S/C56H91NO5/c1-4-7-10-13-16-19-22-24-26-28-30-32-34-37-40-43-46-49-56(61)62-52(47-44-41-38-35-33-31-29-27-25-23-20-17-14-11-8-5-2)50-55(60)57-53(51-58)54(59)48-45-42-39-36-21-18-15-12-9-6-3/h7,10-11,14,16-17,19-20,23-27,29-33,37,40,52-54,58-59H,4-6,8-9,12-13,15,18,21-22,28,34-36,38-39,41-51H2,1-3H3,(H,57,60)/b10-7-,14-11+,19-16-,20-17+,25-23+,26-24-,29-27+,32-30-,33-31+,40-37-.